The standard InChI is InChI=1S/C16H33N3O2/c1-6-18-16(4,5)15(20)17-12-14(11-13(2)3)19-7-9-21-10-8-19/h13-14,18H,6-12H2,1-5H3,(H,17,20). The first-order chi connectivity index (χ1) is 9.86. The number of carbonyl (C=O) groups excluding carboxylic acids is 1. The molecule has 1 atom stereocenters. The number of hydrogen-bond acceptors (Lipinski definition) is 4. The van der Waals surface area contributed by atoms with E-state index >= 15 is 0 Å². The third kappa shape index (κ3) is 6.32. The summed E-state index contributed by atoms with van der Waals surface area (Å²) in [5, 5.41) is 6.35. The number of amides is 1. The highest BCUT2D eigenvalue weighted by Crippen LogP contribution is 2.13. The first-order valence-electron chi connectivity index (χ1n) is 8.22. The lowest BCUT2D eigenvalue weighted by molar-refractivity contribution is -0.126. The monoisotopic (exact) mass is 299 g/mol. The van der Waals surface area contributed by atoms with E-state index in [1.165, 1.54) is 0 Å². The Hall–Kier alpha value is -0.650. The highest BCUT2D eigenvalue weighted by molar-refractivity contribution is 5.85. The Bertz CT molecular complexity index is 313. The number of rotatable bonds is 8. The maximum atomic E-state index is 12.3. The van der Waals surface area contributed by atoms with Gasteiger partial charge < -0.3 is 15.4 Å². The molecule has 0 spiro atoms. The molecule has 1 fully saturated rings. The lowest BCUT2D eigenvalue weighted by Crippen LogP contribution is -2.56. The van der Waals surface area contributed by atoms with Gasteiger partial charge in [0, 0.05) is 25.7 Å². The van der Waals surface area contributed by atoms with E-state index in [1.54, 1.807) is 0 Å². The van der Waals surface area contributed by atoms with Gasteiger partial charge in [0.1, 0.15) is 0 Å². The summed E-state index contributed by atoms with van der Waals surface area (Å²) >= 11 is 0. The Morgan fingerprint density at radius 2 is 1.90 bits per heavy atom. The summed E-state index contributed by atoms with van der Waals surface area (Å²) in [4.78, 5) is 14.8. The zero-order valence-electron chi connectivity index (χ0n) is 14.4. The molecule has 5 nitrogen and oxygen atoms in total. The average Bonchev–Trinajstić information content (AvgIpc) is 2.43. The number of nitrogens with zero attached hydrogens (tertiary/aromatic N) is 1. The van der Waals surface area contributed by atoms with E-state index in [4.69, 9.17) is 4.74 Å². The van der Waals surface area contributed by atoms with Crippen LogP contribution in [0.4, 0.5) is 0 Å². The minimum atomic E-state index is -0.512. The van der Waals surface area contributed by atoms with Crippen LogP contribution in [-0.2, 0) is 9.53 Å². The lowest BCUT2D eigenvalue weighted by Gasteiger charge is -2.36. The Morgan fingerprint density at radius 3 is 2.43 bits per heavy atom. The highest BCUT2D eigenvalue weighted by atomic mass is 16.5. The van der Waals surface area contributed by atoms with E-state index in [-0.39, 0.29) is 5.91 Å². The van der Waals surface area contributed by atoms with E-state index in [0.29, 0.717) is 18.5 Å². The molecule has 2 N–H and O–H groups in total. The molecule has 1 aliphatic rings. The van der Waals surface area contributed by atoms with Crippen LogP contribution in [0.5, 0.6) is 0 Å². The largest absolute Gasteiger partial charge is 0.379 e. The van der Waals surface area contributed by atoms with E-state index in [9.17, 15) is 4.79 Å². The smallest absolute Gasteiger partial charge is 0.239 e. The number of likely N-dealkylation sites (N-methyl/N-ethyl adjacent to an activating group) is 1. The third-order valence-corrected chi connectivity index (χ3v) is 3.99. The van der Waals surface area contributed by atoms with Crippen LogP contribution in [0.2, 0.25) is 0 Å². The normalized spacial score (nSPS) is 18.8. The molecule has 1 saturated heterocycles. The third-order valence-electron chi connectivity index (χ3n) is 3.99. The quantitative estimate of drug-likeness (QED) is 0.708. The SMILES string of the molecule is CCNC(C)(C)C(=O)NCC(CC(C)C)N1CCOCC1. The zero-order chi connectivity index (χ0) is 15.9. The minimum absolute atomic E-state index is 0.0753. The summed E-state index contributed by atoms with van der Waals surface area (Å²) in [5.41, 5.74) is -0.512. The minimum Gasteiger partial charge on any atom is -0.379 e. The molecule has 1 rings (SSSR count). The Labute approximate surface area is 129 Å². The molecule has 0 aromatic heterocycles. The van der Waals surface area contributed by atoms with Gasteiger partial charge in [0.15, 0.2) is 0 Å². The molecule has 124 valence electrons. The lowest BCUT2D eigenvalue weighted by atomic mass is 10.0. The van der Waals surface area contributed by atoms with Crippen LogP contribution in [-0.4, -0.2) is 61.8 Å². The van der Waals surface area contributed by atoms with Crippen molar-refractivity contribution >= 4 is 5.91 Å². The number of carbonyl (C=O) groups is 1. The van der Waals surface area contributed by atoms with Gasteiger partial charge in [-0.2, -0.15) is 0 Å². The van der Waals surface area contributed by atoms with Crippen molar-refractivity contribution in [2.24, 2.45) is 5.92 Å². The Morgan fingerprint density at radius 1 is 1.29 bits per heavy atom. The van der Waals surface area contributed by atoms with Crippen LogP contribution in [0.25, 0.3) is 0 Å². The van der Waals surface area contributed by atoms with Crippen molar-refractivity contribution in [2.45, 2.75) is 52.6 Å². The summed E-state index contributed by atoms with van der Waals surface area (Å²) in [6.07, 6.45) is 1.10. The van der Waals surface area contributed by atoms with Gasteiger partial charge in [-0.1, -0.05) is 20.8 Å². The van der Waals surface area contributed by atoms with Gasteiger partial charge in [-0.15, -0.1) is 0 Å². The van der Waals surface area contributed by atoms with Gasteiger partial charge in [-0.05, 0) is 32.7 Å². The number of ether oxygens (including phenoxy) is 1. The highest BCUT2D eigenvalue weighted by Gasteiger charge is 2.28. The molecular formula is C16H33N3O2. The molecular weight excluding hydrogens is 266 g/mol. The number of hydrogen-bond donors (Lipinski definition) is 2. The predicted molar refractivity (Wildman–Crippen MR) is 86.4 cm³/mol. The van der Waals surface area contributed by atoms with Crippen molar-refractivity contribution in [3.8, 4) is 0 Å². The van der Waals surface area contributed by atoms with Crippen molar-refractivity contribution in [2.75, 3.05) is 39.4 Å². The van der Waals surface area contributed by atoms with Gasteiger partial charge in [-0.3, -0.25) is 9.69 Å². The van der Waals surface area contributed by atoms with Gasteiger partial charge in [0.2, 0.25) is 5.91 Å². The van der Waals surface area contributed by atoms with Crippen LogP contribution < -0.4 is 10.6 Å². The second-order valence-electron chi connectivity index (χ2n) is 6.80. The summed E-state index contributed by atoms with van der Waals surface area (Å²) in [5.74, 6) is 0.697. The molecule has 1 aliphatic heterocycles. The molecule has 0 radical (unpaired) electrons. The van der Waals surface area contributed by atoms with Gasteiger partial charge in [-0.25, -0.2) is 0 Å². The van der Waals surface area contributed by atoms with E-state index in [1.807, 2.05) is 20.8 Å². The second kappa shape index (κ2) is 8.71. The molecule has 0 aromatic rings. The average molecular weight is 299 g/mol. The van der Waals surface area contributed by atoms with Crippen molar-refractivity contribution in [3.63, 3.8) is 0 Å². The predicted octanol–water partition coefficient (Wildman–Crippen LogP) is 1.24. The maximum absolute atomic E-state index is 12.3. The van der Waals surface area contributed by atoms with Crippen molar-refractivity contribution in [1.82, 2.24) is 15.5 Å². The van der Waals surface area contributed by atoms with Crippen LogP contribution in [0.1, 0.15) is 41.0 Å². The van der Waals surface area contributed by atoms with Crippen LogP contribution in [0.3, 0.4) is 0 Å². The van der Waals surface area contributed by atoms with Crippen LogP contribution in [0, 0.1) is 5.92 Å². The summed E-state index contributed by atoms with van der Waals surface area (Å²) in [6.45, 7) is 15.4. The molecule has 1 amide bonds. The fraction of sp³-hybridized carbons (Fsp3) is 0.938. The van der Waals surface area contributed by atoms with Crippen LogP contribution in [0.15, 0.2) is 0 Å². The molecule has 21 heavy (non-hydrogen) atoms. The van der Waals surface area contributed by atoms with Gasteiger partial charge >= 0.3 is 0 Å². The zero-order valence-corrected chi connectivity index (χ0v) is 14.4. The topological polar surface area (TPSA) is 53.6 Å². The second-order valence-corrected chi connectivity index (χ2v) is 6.80. The number of nitrogens with one attached hydrogen (secondary N) is 2. The summed E-state index contributed by atoms with van der Waals surface area (Å²) in [6, 6.07) is 0.398. The maximum Gasteiger partial charge on any atom is 0.239 e. The molecule has 0 bridgehead atoms. The van der Waals surface area contributed by atoms with E-state index < -0.39 is 5.54 Å². The summed E-state index contributed by atoms with van der Waals surface area (Å²) in [7, 11) is 0. The van der Waals surface area contributed by atoms with E-state index in [2.05, 4.69) is 29.4 Å². The fourth-order valence-electron chi connectivity index (χ4n) is 2.80. The van der Waals surface area contributed by atoms with Crippen LogP contribution >= 0.6 is 0 Å². The number of morpholine rings is 1. The first kappa shape index (κ1) is 18.4. The Kier molecular flexibility index (Phi) is 7.63. The molecule has 0 saturated carbocycles. The molecule has 1 heterocycles. The van der Waals surface area contributed by atoms with Crippen molar-refractivity contribution in [3.05, 3.63) is 0 Å². The van der Waals surface area contributed by atoms with E-state index in [0.717, 1.165) is 39.3 Å². The fourth-order valence-corrected chi connectivity index (χ4v) is 2.80. The van der Waals surface area contributed by atoms with Gasteiger partial charge in [0.05, 0.1) is 18.8 Å². The first-order valence-corrected chi connectivity index (χ1v) is 8.22. The molecule has 0 aliphatic carbocycles. The Balaban J connectivity index is 2.54. The molecule has 0 aromatic carbocycles. The van der Waals surface area contributed by atoms with Crippen molar-refractivity contribution < 1.29 is 9.53 Å². The van der Waals surface area contributed by atoms with Crippen molar-refractivity contribution in [1.29, 1.82) is 0 Å². The van der Waals surface area contributed by atoms with Gasteiger partial charge in [0.25, 0.3) is 0 Å². The molecule has 1 unspecified atom stereocenters. The summed E-state index contributed by atoms with van der Waals surface area (Å²) < 4.78 is 5.43. The molecule has 5 heteroatoms.